The highest BCUT2D eigenvalue weighted by Crippen LogP contribution is 2.29. The molecule has 0 bridgehead atoms. The number of fused-ring (bicyclic) bond motifs is 1. The molecule has 0 aliphatic carbocycles. The first-order valence-corrected chi connectivity index (χ1v) is 12.4. The second kappa shape index (κ2) is 11.3. The standard InChI is InChI=1S/C29H27BrO5/c1-4-7-26-20(5-2)17-28(35-26)25(30)15-19-8-13-27-22(14-19)16-24(34-27)18-33-23-11-9-21(10-12-23)29(31)32-6-3/h4-5,7-14,16-17,25H,1,6,15,18H2,2-3H3. The molecule has 4 rings (SSSR count). The molecule has 0 saturated carbocycles. The number of alkyl halides is 1. The van der Waals surface area contributed by atoms with E-state index in [0.29, 0.717) is 17.9 Å². The Bertz CT molecular complexity index is 1440. The fraction of sp³-hybridized carbons (Fsp3) is 0.207. The average Bonchev–Trinajstić information content (AvgIpc) is 3.47. The van der Waals surface area contributed by atoms with Crippen molar-refractivity contribution >= 4 is 45.0 Å². The van der Waals surface area contributed by atoms with Crippen LogP contribution in [0.25, 0.3) is 23.1 Å². The minimum atomic E-state index is -0.343. The van der Waals surface area contributed by atoms with Gasteiger partial charge in [0.1, 0.15) is 34.9 Å². The van der Waals surface area contributed by atoms with Crippen LogP contribution >= 0.6 is 15.9 Å². The fourth-order valence-electron chi connectivity index (χ4n) is 3.77. The van der Waals surface area contributed by atoms with Crippen LogP contribution in [0.15, 0.2) is 76.1 Å². The molecule has 0 N–H and O–H groups in total. The second-order valence-electron chi connectivity index (χ2n) is 7.95. The number of carbonyl (C=O) groups is 1. The topological polar surface area (TPSA) is 61.8 Å². The van der Waals surface area contributed by atoms with E-state index in [1.807, 2.05) is 31.2 Å². The van der Waals surface area contributed by atoms with Crippen molar-refractivity contribution in [3.05, 3.63) is 101 Å². The number of carbonyl (C=O) groups excluding carboxylic acids is 1. The highest BCUT2D eigenvalue weighted by Gasteiger charge is 2.14. The summed E-state index contributed by atoms with van der Waals surface area (Å²) in [6.45, 7) is 8.16. The van der Waals surface area contributed by atoms with E-state index in [2.05, 4.69) is 40.7 Å². The van der Waals surface area contributed by atoms with Gasteiger partial charge in [0.2, 0.25) is 0 Å². The number of allylic oxidation sites excluding steroid dienone is 1. The molecule has 0 aliphatic rings. The largest absolute Gasteiger partial charge is 0.486 e. The first kappa shape index (κ1) is 24.6. The summed E-state index contributed by atoms with van der Waals surface area (Å²) in [4.78, 5) is 11.8. The van der Waals surface area contributed by atoms with Crippen LogP contribution in [0.5, 0.6) is 5.75 Å². The number of rotatable bonds is 9. The molecule has 4 aromatic rings. The van der Waals surface area contributed by atoms with Gasteiger partial charge in [0, 0.05) is 10.6 Å². The second-order valence-corrected chi connectivity index (χ2v) is 9.05. The molecule has 2 aromatic carbocycles. The van der Waals surface area contributed by atoms with Gasteiger partial charge < -0.3 is 18.3 Å². The van der Waals surface area contributed by atoms with Crippen molar-refractivity contribution < 1.29 is 23.1 Å². The maximum Gasteiger partial charge on any atom is 0.338 e. The number of halogens is 1. The van der Waals surface area contributed by atoms with Crippen LogP contribution in [-0.2, 0) is 17.8 Å². The lowest BCUT2D eigenvalue weighted by molar-refractivity contribution is 0.0526. The molecule has 0 amide bonds. The summed E-state index contributed by atoms with van der Waals surface area (Å²) in [5.74, 6) is 1.91. The predicted molar refractivity (Wildman–Crippen MR) is 141 cm³/mol. The van der Waals surface area contributed by atoms with Gasteiger partial charge in [-0.3, -0.25) is 0 Å². The molecule has 1 unspecified atom stereocenters. The number of benzene rings is 2. The zero-order chi connectivity index (χ0) is 24.8. The summed E-state index contributed by atoms with van der Waals surface area (Å²) in [5.41, 5.74) is 3.27. The molecule has 2 heterocycles. The van der Waals surface area contributed by atoms with Gasteiger partial charge in [0.25, 0.3) is 0 Å². The molecule has 1 atom stereocenters. The van der Waals surface area contributed by atoms with E-state index in [4.69, 9.17) is 18.3 Å². The van der Waals surface area contributed by atoms with E-state index < -0.39 is 0 Å². The van der Waals surface area contributed by atoms with Gasteiger partial charge in [-0.1, -0.05) is 40.7 Å². The summed E-state index contributed by atoms with van der Waals surface area (Å²) in [5, 5.41) is 2.07. The van der Waals surface area contributed by atoms with Crippen molar-refractivity contribution in [1.82, 2.24) is 0 Å². The molecule has 0 aliphatic heterocycles. The molecule has 2 aromatic heterocycles. The Balaban J connectivity index is 1.42. The molecular weight excluding hydrogens is 508 g/mol. The highest BCUT2D eigenvalue weighted by molar-refractivity contribution is 9.09. The van der Waals surface area contributed by atoms with E-state index >= 15 is 0 Å². The summed E-state index contributed by atoms with van der Waals surface area (Å²) in [6, 6.07) is 17.1. The third kappa shape index (κ3) is 5.95. The Labute approximate surface area is 212 Å². The van der Waals surface area contributed by atoms with Crippen LogP contribution in [0.1, 0.15) is 46.1 Å². The van der Waals surface area contributed by atoms with E-state index in [-0.39, 0.29) is 17.4 Å². The lowest BCUT2D eigenvalue weighted by Gasteiger charge is -2.06. The highest BCUT2D eigenvalue weighted by atomic mass is 79.9. The Morgan fingerprint density at radius 3 is 2.63 bits per heavy atom. The minimum Gasteiger partial charge on any atom is -0.486 e. The number of hydrogen-bond donors (Lipinski definition) is 0. The van der Waals surface area contributed by atoms with Crippen molar-refractivity contribution in [2.45, 2.75) is 31.7 Å². The molecule has 180 valence electrons. The van der Waals surface area contributed by atoms with Gasteiger partial charge in [-0.2, -0.15) is 0 Å². The lowest BCUT2D eigenvalue weighted by Crippen LogP contribution is -2.17. The summed E-state index contributed by atoms with van der Waals surface area (Å²) >= 11 is 3.77. The average molecular weight is 535 g/mol. The maximum atomic E-state index is 11.8. The molecule has 0 radical (unpaired) electrons. The first-order valence-electron chi connectivity index (χ1n) is 11.4. The summed E-state index contributed by atoms with van der Waals surface area (Å²) in [7, 11) is 0. The minimum absolute atomic E-state index is 0.0397. The van der Waals surface area contributed by atoms with Crippen molar-refractivity contribution in [3.8, 4) is 5.75 Å². The Morgan fingerprint density at radius 1 is 1.11 bits per heavy atom. The fourth-order valence-corrected chi connectivity index (χ4v) is 4.37. The van der Waals surface area contributed by atoms with Crippen molar-refractivity contribution in [1.29, 1.82) is 0 Å². The molecular formula is C29H27BrO5. The van der Waals surface area contributed by atoms with E-state index in [1.54, 1.807) is 37.3 Å². The van der Waals surface area contributed by atoms with Crippen LogP contribution in [0.2, 0.25) is 0 Å². The van der Waals surface area contributed by atoms with E-state index in [0.717, 1.165) is 45.1 Å². The SMILES string of the molecule is C=CC=c1oc(C(Br)Cc2ccc3oc(COc4ccc(C(=O)OCC)cc4)cc3c2)cc1=CC. The number of hydrogen-bond acceptors (Lipinski definition) is 5. The first-order chi connectivity index (χ1) is 17.0. The van der Waals surface area contributed by atoms with Gasteiger partial charge in [-0.25, -0.2) is 4.79 Å². The van der Waals surface area contributed by atoms with Gasteiger partial charge >= 0.3 is 5.97 Å². The molecule has 35 heavy (non-hydrogen) atoms. The van der Waals surface area contributed by atoms with Crippen LogP contribution in [0, 0.1) is 0 Å². The Hall–Kier alpha value is -3.51. The van der Waals surface area contributed by atoms with Crippen LogP contribution in [-0.4, -0.2) is 12.6 Å². The number of esters is 1. The van der Waals surface area contributed by atoms with E-state index in [1.165, 1.54) is 0 Å². The van der Waals surface area contributed by atoms with Crippen molar-refractivity contribution in [2.75, 3.05) is 6.61 Å². The zero-order valence-electron chi connectivity index (χ0n) is 19.8. The number of ether oxygens (including phenoxy) is 2. The summed E-state index contributed by atoms with van der Waals surface area (Å²) in [6.07, 6.45) is 6.39. The normalized spacial score (nSPS) is 13.2. The zero-order valence-corrected chi connectivity index (χ0v) is 21.3. The predicted octanol–water partition coefficient (Wildman–Crippen LogP) is 6.23. The van der Waals surface area contributed by atoms with Crippen molar-refractivity contribution in [2.24, 2.45) is 0 Å². The third-order valence-electron chi connectivity index (χ3n) is 5.49. The van der Waals surface area contributed by atoms with Crippen molar-refractivity contribution in [3.63, 3.8) is 0 Å². The molecule has 0 spiro atoms. The molecule has 6 heteroatoms. The lowest BCUT2D eigenvalue weighted by atomic mass is 10.1. The quantitative estimate of drug-likeness (QED) is 0.188. The molecule has 5 nitrogen and oxygen atoms in total. The summed E-state index contributed by atoms with van der Waals surface area (Å²) < 4.78 is 22.8. The monoisotopic (exact) mass is 534 g/mol. The van der Waals surface area contributed by atoms with Gasteiger partial charge in [0.05, 0.1) is 17.0 Å². The molecule has 0 saturated heterocycles. The van der Waals surface area contributed by atoms with E-state index in [9.17, 15) is 4.79 Å². The smallest absolute Gasteiger partial charge is 0.338 e. The Kier molecular flexibility index (Phi) is 7.93. The third-order valence-corrected chi connectivity index (χ3v) is 6.27. The van der Waals surface area contributed by atoms with Gasteiger partial charge in [-0.15, -0.1) is 0 Å². The van der Waals surface area contributed by atoms with Gasteiger partial charge in [0.15, 0.2) is 0 Å². The van der Waals surface area contributed by atoms with Crippen LogP contribution in [0.4, 0.5) is 0 Å². The van der Waals surface area contributed by atoms with Crippen LogP contribution < -0.4 is 15.4 Å². The van der Waals surface area contributed by atoms with Crippen LogP contribution in [0.3, 0.4) is 0 Å². The maximum absolute atomic E-state index is 11.8. The number of furan rings is 2. The molecule has 0 fully saturated rings. The Morgan fingerprint density at radius 2 is 1.91 bits per heavy atom. The van der Waals surface area contributed by atoms with Gasteiger partial charge in [-0.05, 0) is 80.4 Å².